The molecule has 0 radical (unpaired) electrons. The van der Waals surface area contributed by atoms with Gasteiger partial charge in [0.05, 0.1) is 19.8 Å². The van der Waals surface area contributed by atoms with Crippen LogP contribution in [0.2, 0.25) is 0 Å². The van der Waals surface area contributed by atoms with Gasteiger partial charge in [0.1, 0.15) is 5.75 Å². The van der Waals surface area contributed by atoms with Gasteiger partial charge in [-0.25, -0.2) is 0 Å². The second-order valence-corrected chi connectivity index (χ2v) is 6.81. The summed E-state index contributed by atoms with van der Waals surface area (Å²) in [5, 5.41) is 0. The average molecular weight is 417 g/mol. The van der Waals surface area contributed by atoms with E-state index in [4.69, 9.17) is 9.47 Å². The summed E-state index contributed by atoms with van der Waals surface area (Å²) in [6.07, 6.45) is 4.99. The van der Waals surface area contributed by atoms with Crippen LogP contribution in [0.5, 0.6) is 17.2 Å². The molecular weight excluding hydrogens is 392 g/mol. The minimum Gasteiger partial charge on any atom is -0.497 e. The number of carbonyl (C=O) groups excluding carboxylic acids is 1. The number of benzene rings is 2. The molecule has 1 atom stereocenters. The molecule has 160 valence electrons. The van der Waals surface area contributed by atoms with Crippen molar-refractivity contribution in [2.24, 2.45) is 0 Å². The van der Waals surface area contributed by atoms with Crippen molar-refractivity contribution in [1.29, 1.82) is 0 Å². The second kappa shape index (κ2) is 10.1. The van der Waals surface area contributed by atoms with E-state index in [9.17, 15) is 13.6 Å². The number of hydrogen-bond donors (Lipinski definition) is 0. The van der Waals surface area contributed by atoms with Crippen molar-refractivity contribution in [2.75, 3.05) is 20.3 Å². The molecule has 1 heterocycles. The molecule has 5 nitrogen and oxygen atoms in total. The molecular formula is C23H25F2NO4. The van der Waals surface area contributed by atoms with Crippen LogP contribution in [0.3, 0.4) is 0 Å². The highest BCUT2D eigenvalue weighted by Crippen LogP contribution is 2.33. The number of hydrogen-bond acceptors (Lipinski definition) is 4. The maximum atomic E-state index is 12.8. The minimum atomic E-state index is -2.93. The highest BCUT2D eigenvalue weighted by molar-refractivity contribution is 5.92. The van der Waals surface area contributed by atoms with Gasteiger partial charge in [-0.05, 0) is 61.2 Å². The van der Waals surface area contributed by atoms with Crippen molar-refractivity contribution in [3.8, 4) is 17.2 Å². The first-order valence-corrected chi connectivity index (χ1v) is 9.86. The summed E-state index contributed by atoms with van der Waals surface area (Å²) in [7, 11) is 1.62. The first-order chi connectivity index (χ1) is 14.5. The number of nitrogens with zero attached hydrogens (tertiary/aromatic N) is 1. The molecule has 0 spiro atoms. The molecule has 7 heteroatoms. The fourth-order valence-electron chi connectivity index (χ4n) is 3.56. The number of amides is 1. The highest BCUT2D eigenvalue weighted by atomic mass is 19.3. The van der Waals surface area contributed by atoms with E-state index in [1.165, 1.54) is 12.1 Å². The molecule has 0 bridgehead atoms. The number of halogens is 2. The average Bonchev–Trinajstić information content (AvgIpc) is 3.23. The highest BCUT2D eigenvalue weighted by Gasteiger charge is 2.28. The lowest BCUT2D eigenvalue weighted by molar-refractivity contribution is -0.126. The molecule has 1 amide bonds. The van der Waals surface area contributed by atoms with Crippen LogP contribution in [-0.2, 0) is 4.79 Å². The lowest BCUT2D eigenvalue weighted by atomic mass is 10.0. The number of carbonyl (C=O) groups is 1. The molecule has 1 aliphatic heterocycles. The molecule has 0 unspecified atom stereocenters. The summed E-state index contributed by atoms with van der Waals surface area (Å²) >= 11 is 0. The summed E-state index contributed by atoms with van der Waals surface area (Å²) in [4.78, 5) is 14.7. The Morgan fingerprint density at radius 2 is 1.97 bits per heavy atom. The van der Waals surface area contributed by atoms with Gasteiger partial charge in [0.2, 0.25) is 5.91 Å². The van der Waals surface area contributed by atoms with Crippen molar-refractivity contribution in [3.63, 3.8) is 0 Å². The van der Waals surface area contributed by atoms with E-state index in [2.05, 4.69) is 4.74 Å². The predicted octanol–water partition coefficient (Wildman–Crippen LogP) is 5.07. The lowest BCUT2D eigenvalue weighted by Crippen LogP contribution is -2.28. The summed E-state index contributed by atoms with van der Waals surface area (Å²) in [6.45, 7) is -0.184. The van der Waals surface area contributed by atoms with E-state index < -0.39 is 6.61 Å². The quantitative estimate of drug-likeness (QED) is 0.563. The topological polar surface area (TPSA) is 48.0 Å². The van der Waals surface area contributed by atoms with Gasteiger partial charge in [0.25, 0.3) is 0 Å². The van der Waals surface area contributed by atoms with Crippen LogP contribution in [0, 0.1) is 0 Å². The molecule has 2 aromatic carbocycles. The first kappa shape index (κ1) is 21.6. The minimum absolute atomic E-state index is 0.0221. The van der Waals surface area contributed by atoms with Crippen LogP contribution < -0.4 is 14.2 Å². The van der Waals surface area contributed by atoms with E-state index in [-0.39, 0.29) is 23.4 Å². The van der Waals surface area contributed by atoms with E-state index in [1.807, 2.05) is 29.2 Å². The molecule has 0 saturated carbocycles. The molecule has 1 aliphatic rings. The second-order valence-electron chi connectivity index (χ2n) is 6.81. The molecule has 0 aliphatic carbocycles. The van der Waals surface area contributed by atoms with Gasteiger partial charge in [-0.15, -0.1) is 0 Å². The zero-order valence-corrected chi connectivity index (χ0v) is 17.0. The predicted molar refractivity (Wildman–Crippen MR) is 110 cm³/mol. The molecule has 30 heavy (non-hydrogen) atoms. The van der Waals surface area contributed by atoms with Crippen LogP contribution in [0.4, 0.5) is 8.78 Å². The van der Waals surface area contributed by atoms with E-state index in [0.29, 0.717) is 18.7 Å². The van der Waals surface area contributed by atoms with Crippen molar-refractivity contribution < 1.29 is 27.8 Å². The van der Waals surface area contributed by atoms with E-state index >= 15 is 0 Å². The van der Waals surface area contributed by atoms with Crippen LogP contribution in [0.15, 0.2) is 48.5 Å². The zero-order valence-electron chi connectivity index (χ0n) is 17.0. The largest absolute Gasteiger partial charge is 0.497 e. The molecule has 0 aromatic heterocycles. The third-order valence-corrected chi connectivity index (χ3v) is 4.94. The summed E-state index contributed by atoms with van der Waals surface area (Å²) in [6, 6.07) is 12.4. The Hall–Kier alpha value is -3.09. The van der Waals surface area contributed by atoms with Gasteiger partial charge in [-0.1, -0.05) is 18.2 Å². The lowest BCUT2D eigenvalue weighted by Gasteiger charge is -2.24. The molecule has 2 aromatic rings. The molecule has 1 saturated heterocycles. The Balaban J connectivity index is 1.73. The summed E-state index contributed by atoms with van der Waals surface area (Å²) in [5.74, 6) is 0.859. The van der Waals surface area contributed by atoms with Crippen LogP contribution in [0.1, 0.15) is 36.9 Å². The summed E-state index contributed by atoms with van der Waals surface area (Å²) in [5.41, 5.74) is 1.73. The first-order valence-electron chi connectivity index (χ1n) is 9.86. The number of methoxy groups -OCH3 is 1. The Kier molecular flexibility index (Phi) is 7.27. The molecule has 1 fully saturated rings. The fraction of sp³-hybridized carbons (Fsp3) is 0.348. The van der Waals surface area contributed by atoms with Crippen molar-refractivity contribution in [3.05, 3.63) is 59.7 Å². The summed E-state index contributed by atoms with van der Waals surface area (Å²) < 4.78 is 40.1. The Morgan fingerprint density at radius 1 is 1.20 bits per heavy atom. The van der Waals surface area contributed by atoms with Gasteiger partial charge < -0.3 is 19.1 Å². The van der Waals surface area contributed by atoms with Crippen LogP contribution >= 0.6 is 0 Å². The normalized spacial score (nSPS) is 16.3. The maximum Gasteiger partial charge on any atom is 0.387 e. The Bertz CT molecular complexity index is 883. The number of rotatable bonds is 8. The van der Waals surface area contributed by atoms with Gasteiger partial charge in [-0.2, -0.15) is 8.78 Å². The maximum absolute atomic E-state index is 12.8. The van der Waals surface area contributed by atoms with Gasteiger partial charge in [-0.3, -0.25) is 4.79 Å². The van der Waals surface area contributed by atoms with E-state index in [1.54, 1.807) is 32.2 Å². The third-order valence-electron chi connectivity index (χ3n) is 4.94. The van der Waals surface area contributed by atoms with Crippen molar-refractivity contribution in [2.45, 2.75) is 32.4 Å². The monoisotopic (exact) mass is 417 g/mol. The SMILES string of the molecule is CCOc1cc(/C=C/C(=O)N2CCC[C@H]2c2ccc(OC)cc2)ccc1OC(F)F. The van der Waals surface area contributed by atoms with Gasteiger partial charge in [0, 0.05) is 12.6 Å². The van der Waals surface area contributed by atoms with Crippen molar-refractivity contribution in [1.82, 2.24) is 4.90 Å². The fourth-order valence-corrected chi connectivity index (χ4v) is 3.56. The van der Waals surface area contributed by atoms with E-state index in [0.717, 1.165) is 24.2 Å². The number of likely N-dealkylation sites (tertiary alicyclic amines) is 1. The smallest absolute Gasteiger partial charge is 0.387 e. The van der Waals surface area contributed by atoms with Crippen molar-refractivity contribution >= 4 is 12.0 Å². The van der Waals surface area contributed by atoms with Crippen LogP contribution in [-0.4, -0.2) is 37.7 Å². The Morgan fingerprint density at radius 3 is 2.63 bits per heavy atom. The number of alkyl halides is 2. The number of ether oxygens (including phenoxy) is 3. The zero-order chi connectivity index (χ0) is 21.5. The third kappa shape index (κ3) is 5.28. The van der Waals surface area contributed by atoms with Gasteiger partial charge in [0.15, 0.2) is 11.5 Å². The standard InChI is InChI=1S/C23H25F2NO4/c1-3-29-21-15-16(6-12-20(21)30-23(24)25)7-13-22(27)26-14-4-5-19(26)17-8-10-18(28-2)11-9-17/h6-13,15,19,23H,3-5,14H2,1-2H3/b13-7+/t19-/m0/s1. The molecule has 0 N–H and O–H groups in total. The van der Waals surface area contributed by atoms with Crippen LogP contribution in [0.25, 0.3) is 6.08 Å². The molecule has 3 rings (SSSR count). The van der Waals surface area contributed by atoms with Gasteiger partial charge >= 0.3 is 6.61 Å². The Labute approximate surface area is 174 Å².